The summed E-state index contributed by atoms with van der Waals surface area (Å²) >= 11 is 0. The molecule has 7 aliphatic rings. The summed E-state index contributed by atoms with van der Waals surface area (Å²) in [7, 11) is -13.7. The standard InChI is InChI=1S/2C21H36N4O3S.C20H34N4O3S.C19H27N3O4S.C19H31N3O4S/c2*1-13(2)18-9-15(5)10-19(14(3)4)20(18)22-21(26)23-29(27,28)25-11-16(6)24(8)17(7)12-25;1-13(2)17-9-8-10-18(14(3)4)19(17)21-20(25)22-28(26,27)24-11-15(5)23(7)16(6)12-24;1-12-10-26-11-13(2)22(12)27(24,25)21-19(23)20-18-16-7-3-5-14(16)9-15-6-4-8-17(15)18;1-12(2)16-8-7-9-17(13(3)4)18(16)20-19(23)21-27(24,25)22-14(5)10-26-11-15(22)6/h2*9-10,13-14,16-17H,11-12H2,1-8H3,(H2,22,23,26);8-10,13-16H,11-12H2,1-7H3,(H2,21,22,25);9,12-13H,3-8,10-11H2,1-2H3,(H2,20,21,23);7-9,12-15H,10-11H2,1-6H3,(H2,20,21,23). The molecule has 12 rings (SSSR count). The summed E-state index contributed by atoms with van der Waals surface area (Å²) in [4.78, 5) is 69.6. The van der Waals surface area contributed by atoms with E-state index in [4.69, 9.17) is 9.47 Å². The van der Waals surface area contributed by atoms with Crippen molar-refractivity contribution in [3.05, 3.63) is 145 Å². The Morgan fingerprint density at radius 2 is 0.486 bits per heavy atom. The maximum absolute atomic E-state index is 12.8. The minimum atomic E-state index is -3.98. The summed E-state index contributed by atoms with van der Waals surface area (Å²) in [6.07, 6.45) is 6.08. The summed E-state index contributed by atoms with van der Waals surface area (Å²) in [5.41, 5.74) is 18.7. The number of aryl methyl sites for hydroxylation is 4. The molecule has 5 heterocycles. The van der Waals surface area contributed by atoms with E-state index >= 15 is 0 Å². The van der Waals surface area contributed by atoms with Crippen LogP contribution in [0.1, 0.15) is 318 Å². The second-order valence-corrected chi connectivity index (χ2v) is 49.9. The number of para-hydroxylation sites is 2. The molecule has 35 nitrogen and oxygen atoms in total. The second-order valence-electron chi connectivity index (χ2n) is 41.7. The first-order chi connectivity index (χ1) is 65.0. The molecule has 5 fully saturated rings. The normalized spacial score (nSPS) is 22.3. The zero-order valence-electron chi connectivity index (χ0n) is 88.6. The first-order valence-electron chi connectivity index (χ1n) is 49.5. The molecule has 0 bridgehead atoms. The fraction of sp³-hybridized carbons (Fsp3) is 0.650. The van der Waals surface area contributed by atoms with Gasteiger partial charge in [0.25, 0.3) is 0 Å². The Hall–Kier alpha value is -8.20. The van der Waals surface area contributed by atoms with Gasteiger partial charge in [0.05, 0.1) is 26.4 Å². The van der Waals surface area contributed by atoms with Gasteiger partial charge in [-0.2, -0.15) is 63.6 Å². The predicted octanol–water partition coefficient (Wildman–Crippen LogP) is 16.1. The Bertz CT molecular complexity index is 5430. The van der Waals surface area contributed by atoms with Crippen LogP contribution in [0.4, 0.5) is 52.4 Å². The number of hydrogen-bond donors (Lipinski definition) is 10. The van der Waals surface area contributed by atoms with Gasteiger partial charge in [-0.05, 0) is 257 Å². The molecular formula is C100H164N18O17S5. The number of carbonyl (C=O) groups excluding carboxylic acids is 5. The van der Waals surface area contributed by atoms with Crippen LogP contribution in [0.2, 0.25) is 0 Å². The van der Waals surface area contributed by atoms with E-state index in [2.05, 4.69) is 126 Å². The Labute approximate surface area is 837 Å². The van der Waals surface area contributed by atoms with Crippen LogP contribution in [-0.4, -0.2) is 256 Å². The van der Waals surface area contributed by atoms with Gasteiger partial charge in [-0.25, -0.2) is 47.6 Å². The number of anilines is 5. The highest BCUT2D eigenvalue weighted by Crippen LogP contribution is 2.42. The van der Waals surface area contributed by atoms with E-state index in [0.29, 0.717) is 88.4 Å². The number of likely N-dealkylation sites (N-methyl/N-ethyl adjacent to an activating group) is 3. The smallest absolute Gasteiger partial charge is 0.333 e. The summed E-state index contributed by atoms with van der Waals surface area (Å²) in [6, 6.07) is 17.8. The molecule has 40 heteroatoms. The maximum Gasteiger partial charge on any atom is 0.333 e. The van der Waals surface area contributed by atoms with Crippen molar-refractivity contribution >= 4 is 110 Å². The molecule has 786 valence electrons. The number of amides is 10. The molecule has 0 saturated carbocycles. The van der Waals surface area contributed by atoms with Crippen molar-refractivity contribution in [1.29, 1.82) is 0 Å². The average molecular weight is 2050 g/mol. The Kier molecular flexibility index (Phi) is 41.5. The van der Waals surface area contributed by atoms with Crippen LogP contribution in [0, 0.1) is 13.8 Å². The molecule has 0 radical (unpaired) electrons. The van der Waals surface area contributed by atoms with Crippen molar-refractivity contribution in [2.75, 3.05) is 113 Å². The number of urea groups is 5. The summed E-state index contributed by atoms with van der Waals surface area (Å²) < 4.78 is 156. The highest BCUT2D eigenvalue weighted by atomic mass is 32.2. The third-order valence-electron chi connectivity index (χ3n) is 27.4. The number of fused-ring (bicyclic) bond motifs is 2. The van der Waals surface area contributed by atoms with Crippen molar-refractivity contribution < 1.29 is 75.5 Å². The molecule has 10 amide bonds. The lowest BCUT2D eigenvalue weighted by Gasteiger charge is -2.41. The van der Waals surface area contributed by atoms with Crippen LogP contribution >= 0.6 is 0 Å². The van der Waals surface area contributed by atoms with E-state index in [1.165, 1.54) is 43.8 Å². The zero-order chi connectivity index (χ0) is 105. The predicted molar refractivity (Wildman–Crippen MR) is 562 cm³/mol. The van der Waals surface area contributed by atoms with Gasteiger partial charge in [0, 0.05) is 128 Å². The topological polar surface area (TPSA) is 421 Å². The lowest BCUT2D eigenvalue weighted by atomic mass is 9.90. The van der Waals surface area contributed by atoms with E-state index in [-0.39, 0.29) is 108 Å². The van der Waals surface area contributed by atoms with Gasteiger partial charge in [0.15, 0.2) is 0 Å². The number of carbonyl (C=O) groups is 5. The molecule has 5 aromatic carbocycles. The fourth-order valence-electron chi connectivity index (χ4n) is 19.3. The molecule has 5 saturated heterocycles. The molecule has 10 N–H and O–H groups in total. The third kappa shape index (κ3) is 30.3. The van der Waals surface area contributed by atoms with Crippen molar-refractivity contribution in [1.82, 2.24) is 59.8 Å². The zero-order valence-corrected chi connectivity index (χ0v) is 92.7. The first kappa shape index (κ1) is 117. The van der Waals surface area contributed by atoms with Crippen molar-refractivity contribution in [2.45, 2.75) is 340 Å². The van der Waals surface area contributed by atoms with E-state index < -0.39 is 81.2 Å². The largest absolute Gasteiger partial charge is 0.378 e. The van der Waals surface area contributed by atoms with Crippen LogP contribution in [0.25, 0.3) is 0 Å². The van der Waals surface area contributed by atoms with Crippen LogP contribution in [0.3, 0.4) is 0 Å². The quantitative estimate of drug-likeness (QED) is 0.0290. The molecular weight excluding hydrogens is 1890 g/mol. The average Bonchev–Trinajstić information content (AvgIpc) is 1.58. The van der Waals surface area contributed by atoms with Crippen molar-refractivity contribution in [2.24, 2.45) is 0 Å². The van der Waals surface area contributed by atoms with Gasteiger partial charge in [-0.1, -0.05) is 189 Å². The minimum absolute atomic E-state index is 0.0792. The third-order valence-corrected chi connectivity index (χ3v) is 35.1. The number of hydrogen-bond acceptors (Lipinski definition) is 20. The first-order valence-corrected chi connectivity index (χ1v) is 56.7. The monoisotopic (exact) mass is 2050 g/mol. The number of nitrogens with zero attached hydrogens (tertiary/aromatic N) is 8. The number of piperazine rings is 3. The van der Waals surface area contributed by atoms with Crippen LogP contribution in [-0.2, 0) is 86.2 Å². The Balaban J connectivity index is 0.000000214. The lowest BCUT2D eigenvalue weighted by Crippen LogP contribution is -2.59. The minimum Gasteiger partial charge on any atom is -0.378 e. The maximum atomic E-state index is 12.8. The summed E-state index contributed by atoms with van der Waals surface area (Å²) in [6.45, 7) is 59.2. The number of morpholine rings is 2. The van der Waals surface area contributed by atoms with Crippen molar-refractivity contribution in [3.8, 4) is 0 Å². The molecule has 10 atom stereocenters. The fourth-order valence-corrected chi connectivity index (χ4v) is 26.0. The van der Waals surface area contributed by atoms with Crippen LogP contribution in [0.15, 0.2) is 66.7 Å². The number of benzene rings is 5. The Morgan fingerprint density at radius 1 is 0.286 bits per heavy atom. The second kappa shape index (κ2) is 49.6. The Morgan fingerprint density at radius 3 is 0.700 bits per heavy atom. The van der Waals surface area contributed by atoms with Gasteiger partial charge >= 0.3 is 81.2 Å². The van der Waals surface area contributed by atoms with Gasteiger partial charge < -0.3 is 36.1 Å². The number of nitrogens with one attached hydrogen (secondary N) is 10. The molecule has 5 aromatic rings. The highest BCUT2D eigenvalue weighted by molar-refractivity contribution is 7.88. The molecule has 140 heavy (non-hydrogen) atoms. The highest BCUT2D eigenvalue weighted by Gasteiger charge is 2.42. The molecule has 10 unspecified atom stereocenters. The van der Waals surface area contributed by atoms with Gasteiger partial charge in [0.2, 0.25) is 0 Å². The molecule has 0 spiro atoms. The van der Waals surface area contributed by atoms with Gasteiger partial charge in [0.1, 0.15) is 0 Å². The summed E-state index contributed by atoms with van der Waals surface area (Å²) in [5, 5.41) is 14.1. The molecule has 0 aromatic heterocycles. The van der Waals surface area contributed by atoms with Gasteiger partial charge in [-0.15, -0.1) is 0 Å². The molecule has 2 aliphatic carbocycles. The lowest BCUT2D eigenvalue weighted by molar-refractivity contribution is 0.00595. The van der Waals surface area contributed by atoms with E-state index in [0.717, 1.165) is 99.8 Å². The van der Waals surface area contributed by atoms with Crippen LogP contribution in [0.5, 0.6) is 0 Å². The van der Waals surface area contributed by atoms with E-state index in [1.54, 1.807) is 27.7 Å². The summed E-state index contributed by atoms with van der Waals surface area (Å²) in [5.74, 6) is 1.55. The van der Waals surface area contributed by atoms with Crippen LogP contribution < -0.4 is 50.2 Å². The van der Waals surface area contributed by atoms with Crippen molar-refractivity contribution in [3.63, 3.8) is 0 Å². The van der Waals surface area contributed by atoms with E-state index in [9.17, 15) is 66.1 Å². The van der Waals surface area contributed by atoms with Gasteiger partial charge in [-0.3, -0.25) is 14.7 Å². The number of rotatable bonds is 23. The molecule has 5 aliphatic heterocycles. The SMILES string of the molecule is CC(C)c1cccc(C(C)C)c1NC(=O)NS(=O)(=O)N1C(C)COCC1C.CC(C)c1cccc(C(C)C)c1NC(=O)NS(=O)(=O)N1CC(C)N(C)C(C)C1.CC1COCC(C)N1S(=O)(=O)NC(=O)Nc1c2c(cc3c1CCC3)CCC2.Cc1cc(C(C)C)c(NC(=O)NS(=O)(=O)N2CC(C)N(C)C(C)C2)c(C(C)C)c1.Cc1cc(C(C)C)c(NC(=O)NS(=O)(=O)N2CC(C)N(C)C(C)C2)c(C(C)C)c1. The number of ether oxygens (including phenoxy) is 2. The van der Waals surface area contributed by atoms with E-state index in [1.807, 2.05) is 193 Å².